The van der Waals surface area contributed by atoms with Gasteiger partial charge in [0.15, 0.2) is 0 Å². The summed E-state index contributed by atoms with van der Waals surface area (Å²) in [6.07, 6.45) is 3.14. The number of benzene rings is 1. The van der Waals surface area contributed by atoms with E-state index in [1.54, 1.807) is 13.0 Å². The third-order valence-corrected chi connectivity index (χ3v) is 5.18. The maximum Gasteiger partial charge on any atom is 0.325 e. The molecule has 122 valence electrons. The lowest BCUT2D eigenvalue weighted by Gasteiger charge is -2.23. The normalized spacial score (nSPS) is 20.7. The lowest BCUT2D eigenvalue weighted by atomic mass is 9.97. The van der Waals surface area contributed by atoms with Gasteiger partial charge in [-0.3, -0.25) is 9.59 Å². The summed E-state index contributed by atoms with van der Waals surface area (Å²) >= 11 is 2.16. The molecule has 7 heteroatoms. The van der Waals surface area contributed by atoms with Crippen LogP contribution in [0.3, 0.4) is 0 Å². The Morgan fingerprint density at radius 2 is 2.04 bits per heavy atom. The predicted molar refractivity (Wildman–Crippen MR) is 93.8 cm³/mol. The molecule has 1 heterocycles. The number of halogens is 1. The van der Waals surface area contributed by atoms with Crippen molar-refractivity contribution < 1.29 is 14.4 Å². The minimum Gasteiger partial charge on any atom is -0.324 e. The quantitative estimate of drug-likeness (QED) is 0.575. The SMILES string of the molecule is CC(C(=O)Nc1cccc(I)c1)N1C(=O)NC2(CCCC2)C1=O. The zero-order chi connectivity index (χ0) is 16.6. The van der Waals surface area contributed by atoms with Crippen LogP contribution in [0.5, 0.6) is 0 Å². The molecule has 1 aromatic rings. The summed E-state index contributed by atoms with van der Waals surface area (Å²) < 4.78 is 0.993. The van der Waals surface area contributed by atoms with Gasteiger partial charge >= 0.3 is 6.03 Å². The minimum atomic E-state index is -0.847. The van der Waals surface area contributed by atoms with Crippen LogP contribution in [0.2, 0.25) is 0 Å². The highest BCUT2D eigenvalue weighted by atomic mass is 127. The average Bonchev–Trinajstić information content (AvgIpc) is 3.05. The molecule has 6 nitrogen and oxygen atoms in total. The number of carbonyl (C=O) groups is 3. The van der Waals surface area contributed by atoms with Gasteiger partial charge in [0.25, 0.3) is 5.91 Å². The van der Waals surface area contributed by atoms with E-state index in [1.165, 1.54) is 0 Å². The monoisotopic (exact) mass is 427 g/mol. The van der Waals surface area contributed by atoms with Crippen molar-refractivity contribution >= 4 is 46.1 Å². The molecule has 1 spiro atoms. The van der Waals surface area contributed by atoms with Crippen molar-refractivity contribution in [1.29, 1.82) is 0 Å². The summed E-state index contributed by atoms with van der Waals surface area (Å²) in [6, 6.07) is 6.04. The summed E-state index contributed by atoms with van der Waals surface area (Å²) in [5.41, 5.74) is -0.135. The fraction of sp³-hybridized carbons (Fsp3) is 0.438. The van der Waals surface area contributed by atoms with Crippen molar-refractivity contribution in [2.75, 3.05) is 5.32 Å². The van der Waals surface area contributed by atoms with Crippen LogP contribution in [0.15, 0.2) is 24.3 Å². The minimum absolute atomic E-state index is 0.273. The Labute approximate surface area is 148 Å². The van der Waals surface area contributed by atoms with Crippen molar-refractivity contribution in [1.82, 2.24) is 10.2 Å². The highest BCUT2D eigenvalue weighted by Gasteiger charge is 2.54. The van der Waals surface area contributed by atoms with Crippen molar-refractivity contribution in [2.24, 2.45) is 0 Å². The second-order valence-electron chi connectivity index (χ2n) is 6.07. The second-order valence-corrected chi connectivity index (χ2v) is 7.32. The Bertz CT molecular complexity index is 670. The molecule has 0 bridgehead atoms. The van der Waals surface area contributed by atoms with Gasteiger partial charge in [0.1, 0.15) is 11.6 Å². The van der Waals surface area contributed by atoms with Gasteiger partial charge in [-0.05, 0) is 60.6 Å². The summed E-state index contributed by atoms with van der Waals surface area (Å²) in [7, 11) is 0. The van der Waals surface area contributed by atoms with Gasteiger partial charge in [-0.15, -0.1) is 0 Å². The first-order valence-corrected chi connectivity index (χ1v) is 8.73. The Morgan fingerprint density at radius 1 is 1.35 bits per heavy atom. The number of nitrogens with zero attached hydrogens (tertiary/aromatic N) is 1. The van der Waals surface area contributed by atoms with Crippen LogP contribution < -0.4 is 10.6 Å². The van der Waals surface area contributed by atoms with E-state index in [9.17, 15) is 14.4 Å². The molecule has 1 aromatic carbocycles. The van der Waals surface area contributed by atoms with Crippen LogP contribution >= 0.6 is 22.6 Å². The van der Waals surface area contributed by atoms with Crippen LogP contribution in [0.1, 0.15) is 32.6 Å². The molecule has 1 saturated carbocycles. The molecular formula is C16H18IN3O3. The number of imide groups is 1. The smallest absolute Gasteiger partial charge is 0.324 e. The number of anilines is 1. The zero-order valence-electron chi connectivity index (χ0n) is 12.8. The Hall–Kier alpha value is -1.64. The average molecular weight is 427 g/mol. The molecule has 1 aliphatic heterocycles. The first-order valence-electron chi connectivity index (χ1n) is 7.65. The number of carbonyl (C=O) groups excluding carboxylic acids is 3. The number of rotatable bonds is 3. The van der Waals surface area contributed by atoms with E-state index in [0.29, 0.717) is 18.5 Å². The fourth-order valence-corrected chi connectivity index (χ4v) is 3.78. The number of nitrogens with one attached hydrogen (secondary N) is 2. The molecule has 1 aliphatic carbocycles. The van der Waals surface area contributed by atoms with Crippen LogP contribution in [0.25, 0.3) is 0 Å². The highest BCUT2D eigenvalue weighted by Crippen LogP contribution is 2.35. The van der Waals surface area contributed by atoms with Crippen LogP contribution in [-0.2, 0) is 9.59 Å². The molecule has 2 fully saturated rings. The van der Waals surface area contributed by atoms with Gasteiger partial charge in [0, 0.05) is 9.26 Å². The molecule has 1 saturated heterocycles. The number of amides is 4. The maximum atomic E-state index is 12.7. The van der Waals surface area contributed by atoms with Gasteiger partial charge in [0.2, 0.25) is 5.91 Å². The molecular weight excluding hydrogens is 409 g/mol. The van der Waals surface area contributed by atoms with E-state index in [0.717, 1.165) is 21.3 Å². The van der Waals surface area contributed by atoms with Gasteiger partial charge in [-0.25, -0.2) is 9.69 Å². The largest absolute Gasteiger partial charge is 0.325 e. The third-order valence-electron chi connectivity index (χ3n) is 4.51. The molecule has 23 heavy (non-hydrogen) atoms. The molecule has 1 atom stereocenters. The van der Waals surface area contributed by atoms with Crippen LogP contribution in [0, 0.1) is 3.57 Å². The maximum absolute atomic E-state index is 12.7. The van der Waals surface area contributed by atoms with Gasteiger partial charge < -0.3 is 10.6 Å². The lowest BCUT2D eigenvalue weighted by molar-refractivity contribution is -0.136. The van der Waals surface area contributed by atoms with Crippen LogP contribution in [-0.4, -0.2) is 34.3 Å². The Kier molecular flexibility index (Phi) is 4.31. The van der Waals surface area contributed by atoms with Gasteiger partial charge in [-0.1, -0.05) is 18.9 Å². The second kappa shape index (κ2) is 6.10. The number of hydrogen-bond acceptors (Lipinski definition) is 3. The molecule has 1 unspecified atom stereocenters. The van der Waals surface area contributed by atoms with E-state index in [2.05, 4.69) is 33.2 Å². The summed E-state index contributed by atoms with van der Waals surface area (Å²) in [5.74, 6) is -0.643. The van der Waals surface area contributed by atoms with Crippen molar-refractivity contribution in [3.8, 4) is 0 Å². The zero-order valence-corrected chi connectivity index (χ0v) is 14.9. The molecule has 2 N–H and O–H groups in total. The number of hydrogen-bond donors (Lipinski definition) is 2. The summed E-state index contributed by atoms with van der Waals surface area (Å²) in [5, 5.41) is 5.56. The Balaban J connectivity index is 1.74. The summed E-state index contributed by atoms with van der Waals surface area (Å²) in [6.45, 7) is 1.58. The van der Waals surface area contributed by atoms with E-state index < -0.39 is 17.6 Å². The topological polar surface area (TPSA) is 78.5 Å². The highest BCUT2D eigenvalue weighted by molar-refractivity contribution is 14.1. The van der Waals surface area contributed by atoms with Crippen molar-refractivity contribution in [3.05, 3.63) is 27.8 Å². The first-order chi connectivity index (χ1) is 10.9. The van der Waals surface area contributed by atoms with E-state index in [-0.39, 0.29) is 11.8 Å². The molecule has 3 rings (SSSR count). The third kappa shape index (κ3) is 2.93. The van der Waals surface area contributed by atoms with E-state index in [1.807, 2.05) is 18.2 Å². The van der Waals surface area contributed by atoms with Gasteiger partial charge in [0.05, 0.1) is 0 Å². The molecule has 0 aromatic heterocycles. The Morgan fingerprint density at radius 3 is 2.70 bits per heavy atom. The van der Waals surface area contributed by atoms with E-state index >= 15 is 0 Å². The van der Waals surface area contributed by atoms with Gasteiger partial charge in [-0.2, -0.15) is 0 Å². The molecule has 2 aliphatic rings. The fourth-order valence-electron chi connectivity index (χ4n) is 3.24. The van der Waals surface area contributed by atoms with Crippen LogP contribution in [0.4, 0.5) is 10.5 Å². The van der Waals surface area contributed by atoms with Crippen molar-refractivity contribution in [3.63, 3.8) is 0 Å². The molecule has 4 amide bonds. The first kappa shape index (κ1) is 16.2. The predicted octanol–water partition coefficient (Wildman–Crippen LogP) is 2.48. The standard InChI is InChI=1S/C16H18IN3O3/c1-10(13(21)18-12-6-4-5-11(17)9-12)20-14(22)16(19-15(20)23)7-2-3-8-16/h4-6,9-10H,2-3,7-8H2,1H3,(H,18,21)(H,19,23). The summed E-state index contributed by atoms with van der Waals surface area (Å²) in [4.78, 5) is 38.3. The number of urea groups is 1. The lowest BCUT2D eigenvalue weighted by Crippen LogP contribution is -2.48. The van der Waals surface area contributed by atoms with E-state index in [4.69, 9.17) is 0 Å². The molecule has 0 radical (unpaired) electrons. The van der Waals surface area contributed by atoms with Crippen molar-refractivity contribution in [2.45, 2.75) is 44.2 Å².